The van der Waals surface area contributed by atoms with E-state index in [1.807, 2.05) is 0 Å². The second-order valence-corrected chi connectivity index (χ2v) is 3.77. The maximum absolute atomic E-state index is 11.4. The molecule has 1 amide bonds. The lowest BCUT2D eigenvalue weighted by Crippen LogP contribution is -2.51. The first-order valence-corrected chi connectivity index (χ1v) is 4.69. The van der Waals surface area contributed by atoms with Gasteiger partial charge in [-0.15, -0.1) is 0 Å². The van der Waals surface area contributed by atoms with Gasteiger partial charge in [0.1, 0.15) is 0 Å². The number of hydrogen-bond acceptors (Lipinski definition) is 4. The van der Waals surface area contributed by atoms with Gasteiger partial charge in [-0.2, -0.15) is 0 Å². The van der Waals surface area contributed by atoms with Gasteiger partial charge in [-0.05, 0) is 20.9 Å². The number of amides is 1. The number of carboxylic acids is 1. The van der Waals surface area contributed by atoms with Crippen LogP contribution in [0.2, 0.25) is 0 Å². The van der Waals surface area contributed by atoms with E-state index in [-0.39, 0.29) is 18.9 Å². The highest BCUT2D eigenvalue weighted by Crippen LogP contribution is 2.00. The number of likely N-dealkylation sites (N-methyl/N-ethyl adjacent to an activating group) is 1. The molecule has 0 heterocycles. The van der Waals surface area contributed by atoms with Crippen LogP contribution < -0.4 is 10.6 Å². The number of rotatable bonds is 6. The molecule has 0 aromatic heterocycles. The third-order valence-corrected chi connectivity index (χ3v) is 2.18. The molecular weight excluding hydrogens is 200 g/mol. The summed E-state index contributed by atoms with van der Waals surface area (Å²) in [4.78, 5) is 21.7. The number of aliphatic hydroxyl groups excluding tert-OH is 1. The molecule has 0 aromatic rings. The van der Waals surface area contributed by atoms with Crippen LogP contribution in [0.4, 0.5) is 0 Å². The van der Waals surface area contributed by atoms with Crippen LogP contribution in [-0.2, 0) is 9.59 Å². The standard InChI is InChI=1S/C9H18N2O4/c1-9(2,10-3)8(15)11-5-4-6(12)7(13)14/h6,10,12H,4-5H2,1-3H3,(H,11,15)(H,13,14)/t6-/m0/s1. The van der Waals surface area contributed by atoms with Crippen LogP contribution in [0.5, 0.6) is 0 Å². The second kappa shape index (κ2) is 5.67. The molecule has 0 saturated heterocycles. The van der Waals surface area contributed by atoms with Gasteiger partial charge in [0.25, 0.3) is 0 Å². The monoisotopic (exact) mass is 218 g/mol. The van der Waals surface area contributed by atoms with E-state index in [0.717, 1.165) is 0 Å². The number of aliphatic carboxylic acids is 1. The van der Waals surface area contributed by atoms with Gasteiger partial charge in [-0.25, -0.2) is 4.79 Å². The van der Waals surface area contributed by atoms with Crippen molar-refractivity contribution < 1.29 is 19.8 Å². The fourth-order valence-electron chi connectivity index (χ4n) is 0.780. The summed E-state index contributed by atoms with van der Waals surface area (Å²) in [5.41, 5.74) is -0.700. The fraction of sp³-hybridized carbons (Fsp3) is 0.778. The molecular formula is C9H18N2O4. The van der Waals surface area contributed by atoms with Crippen molar-refractivity contribution in [3.05, 3.63) is 0 Å². The van der Waals surface area contributed by atoms with Gasteiger partial charge >= 0.3 is 5.97 Å². The summed E-state index contributed by atoms with van der Waals surface area (Å²) < 4.78 is 0. The first-order valence-electron chi connectivity index (χ1n) is 4.69. The summed E-state index contributed by atoms with van der Waals surface area (Å²) >= 11 is 0. The average Bonchev–Trinajstić information content (AvgIpc) is 2.17. The summed E-state index contributed by atoms with van der Waals surface area (Å²) in [6.07, 6.45) is -1.43. The zero-order valence-electron chi connectivity index (χ0n) is 9.20. The Morgan fingerprint density at radius 3 is 2.33 bits per heavy atom. The number of carbonyl (C=O) groups excluding carboxylic acids is 1. The Bertz CT molecular complexity index is 240. The van der Waals surface area contributed by atoms with Crippen LogP contribution >= 0.6 is 0 Å². The fourth-order valence-corrected chi connectivity index (χ4v) is 0.780. The van der Waals surface area contributed by atoms with E-state index < -0.39 is 17.6 Å². The largest absolute Gasteiger partial charge is 0.479 e. The first kappa shape index (κ1) is 13.9. The van der Waals surface area contributed by atoms with Crippen molar-refractivity contribution in [2.24, 2.45) is 0 Å². The van der Waals surface area contributed by atoms with E-state index in [4.69, 9.17) is 10.2 Å². The molecule has 0 aliphatic carbocycles. The lowest BCUT2D eigenvalue weighted by Gasteiger charge is -2.22. The molecule has 0 aromatic carbocycles. The summed E-state index contributed by atoms with van der Waals surface area (Å²) in [5, 5.41) is 22.7. The molecule has 6 nitrogen and oxygen atoms in total. The molecule has 0 aliphatic heterocycles. The molecule has 4 N–H and O–H groups in total. The van der Waals surface area contributed by atoms with E-state index >= 15 is 0 Å². The minimum absolute atomic E-state index is 0.000861. The molecule has 0 saturated carbocycles. The molecule has 0 rings (SSSR count). The van der Waals surface area contributed by atoms with E-state index in [1.165, 1.54) is 0 Å². The SMILES string of the molecule is CNC(C)(C)C(=O)NCC[C@H](O)C(=O)O. The predicted molar refractivity (Wildman–Crippen MR) is 54.4 cm³/mol. The normalized spacial score (nSPS) is 13.3. The molecule has 6 heteroatoms. The predicted octanol–water partition coefficient (Wildman–Crippen LogP) is -1.06. The Morgan fingerprint density at radius 1 is 1.40 bits per heavy atom. The summed E-state index contributed by atoms with van der Waals surface area (Å²) in [6, 6.07) is 0. The molecule has 1 atom stereocenters. The van der Waals surface area contributed by atoms with Crippen LogP contribution in [-0.4, -0.2) is 47.3 Å². The number of carboxylic acid groups (broad SMARTS) is 1. The van der Waals surface area contributed by atoms with Crippen LogP contribution in [0.1, 0.15) is 20.3 Å². The van der Waals surface area contributed by atoms with Gasteiger partial charge in [0, 0.05) is 13.0 Å². The molecule has 0 spiro atoms. The van der Waals surface area contributed by atoms with Crippen LogP contribution in [0.25, 0.3) is 0 Å². The van der Waals surface area contributed by atoms with Crippen molar-refractivity contribution in [2.75, 3.05) is 13.6 Å². The highest BCUT2D eigenvalue weighted by atomic mass is 16.4. The van der Waals surface area contributed by atoms with Gasteiger partial charge in [0.15, 0.2) is 6.10 Å². The Labute approximate surface area is 88.7 Å². The third kappa shape index (κ3) is 4.75. The van der Waals surface area contributed by atoms with Crippen LogP contribution in [0, 0.1) is 0 Å². The van der Waals surface area contributed by atoms with Crippen molar-refractivity contribution in [1.29, 1.82) is 0 Å². The topological polar surface area (TPSA) is 98.7 Å². The number of aliphatic hydroxyl groups is 1. The molecule has 88 valence electrons. The molecule has 0 unspecified atom stereocenters. The van der Waals surface area contributed by atoms with Gasteiger partial charge < -0.3 is 20.8 Å². The van der Waals surface area contributed by atoms with Crippen molar-refractivity contribution in [2.45, 2.75) is 31.9 Å². The van der Waals surface area contributed by atoms with E-state index in [0.29, 0.717) is 0 Å². The maximum Gasteiger partial charge on any atom is 0.332 e. The minimum Gasteiger partial charge on any atom is -0.479 e. The molecule has 0 radical (unpaired) electrons. The minimum atomic E-state index is -1.43. The van der Waals surface area contributed by atoms with Gasteiger partial charge in [0.05, 0.1) is 5.54 Å². The molecule has 0 bridgehead atoms. The number of carbonyl (C=O) groups is 2. The van der Waals surface area contributed by atoms with Crippen molar-refractivity contribution in [3.8, 4) is 0 Å². The molecule has 15 heavy (non-hydrogen) atoms. The average molecular weight is 218 g/mol. The zero-order valence-corrected chi connectivity index (χ0v) is 9.20. The Morgan fingerprint density at radius 2 is 1.93 bits per heavy atom. The van der Waals surface area contributed by atoms with Crippen molar-refractivity contribution >= 4 is 11.9 Å². The Kier molecular flexibility index (Phi) is 5.24. The zero-order chi connectivity index (χ0) is 12.1. The summed E-state index contributed by atoms with van der Waals surface area (Å²) in [6.45, 7) is 3.54. The number of nitrogens with one attached hydrogen (secondary N) is 2. The van der Waals surface area contributed by atoms with Crippen LogP contribution in [0.3, 0.4) is 0 Å². The summed E-state index contributed by atoms with van der Waals surface area (Å²) in [7, 11) is 1.66. The highest BCUT2D eigenvalue weighted by molar-refractivity contribution is 5.85. The Balaban J connectivity index is 3.88. The molecule has 0 aliphatic rings. The van der Waals surface area contributed by atoms with Gasteiger partial charge in [-0.1, -0.05) is 0 Å². The van der Waals surface area contributed by atoms with E-state index in [2.05, 4.69) is 10.6 Å². The van der Waals surface area contributed by atoms with Crippen molar-refractivity contribution in [3.63, 3.8) is 0 Å². The highest BCUT2D eigenvalue weighted by Gasteiger charge is 2.24. The smallest absolute Gasteiger partial charge is 0.332 e. The van der Waals surface area contributed by atoms with Gasteiger partial charge in [0.2, 0.25) is 5.91 Å². The quantitative estimate of drug-likeness (QED) is 0.455. The lowest BCUT2D eigenvalue weighted by molar-refractivity contribution is -0.147. The number of hydrogen-bond donors (Lipinski definition) is 4. The van der Waals surface area contributed by atoms with Crippen molar-refractivity contribution in [1.82, 2.24) is 10.6 Å². The maximum atomic E-state index is 11.4. The molecule has 0 fully saturated rings. The van der Waals surface area contributed by atoms with E-state index in [1.54, 1.807) is 20.9 Å². The first-order chi connectivity index (χ1) is 6.81. The lowest BCUT2D eigenvalue weighted by atomic mass is 10.1. The van der Waals surface area contributed by atoms with Crippen LogP contribution in [0.15, 0.2) is 0 Å². The van der Waals surface area contributed by atoms with Gasteiger partial charge in [-0.3, -0.25) is 4.79 Å². The second-order valence-electron chi connectivity index (χ2n) is 3.77. The Hall–Kier alpha value is -1.14. The van der Waals surface area contributed by atoms with E-state index in [9.17, 15) is 9.59 Å². The third-order valence-electron chi connectivity index (χ3n) is 2.18. The summed E-state index contributed by atoms with van der Waals surface area (Å²) in [5.74, 6) is -1.51.